The predicted octanol–water partition coefficient (Wildman–Crippen LogP) is 2.76. The molecular formula is C18H20N2O3. The Kier molecular flexibility index (Phi) is 4.88. The molecule has 1 aliphatic rings. The van der Waals surface area contributed by atoms with Gasteiger partial charge in [-0.2, -0.15) is 0 Å². The minimum Gasteiger partial charge on any atom is -0.455 e. The summed E-state index contributed by atoms with van der Waals surface area (Å²) in [5.41, 5.74) is 0.476. The number of hydrogen-bond donors (Lipinski definition) is 2. The summed E-state index contributed by atoms with van der Waals surface area (Å²) in [7, 11) is 0. The molecule has 0 aliphatic heterocycles. The van der Waals surface area contributed by atoms with Gasteiger partial charge in [-0.3, -0.25) is 9.78 Å². The van der Waals surface area contributed by atoms with Gasteiger partial charge in [-0.25, -0.2) is 0 Å². The number of carbonyl (C=O) groups excluding carboxylic acids is 1. The third-order valence-electron chi connectivity index (χ3n) is 4.14. The van der Waals surface area contributed by atoms with Crippen LogP contribution in [-0.4, -0.2) is 28.6 Å². The van der Waals surface area contributed by atoms with E-state index in [0.29, 0.717) is 23.6 Å². The second-order valence-electron chi connectivity index (χ2n) is 5.76. The molecular weight excluding hydrogens is 292 g/mol. The van der Waals surface area contributed by atoms with Crippen molar-refractivity contribution < 1.29 is 14.6 Å². The predicted molar refractivity (Wildman–Crippen MR) is 86.4 cm³/mol. The molecule has 5 heteroatoms. The summed E-state index contributed by atoms with van der Waals surface area (Å²) in [6.07, 6.45) is 5.75. The van der Waals surface area contributed by atoms with Crippen LogP contribution in [0.1, 0.15) is 29.6 Å². The zero-order chi connectivity index (χ0) is 16.1. The molecule has 1 aromatic heterocycles. The molecule has 5 nitrogen and oxygen atoms in total. The first-order chi connectivity index (χ1) is 11.2. The molecule has 1 aromatic carbocycles. The Morgan fingerprint density at radius 2 is 2.13 bits per heavy atom. The van der Waals surface area contributed by atoms with E-state index in [-0.39, 0.29) is 17.9 Å². The normalized spacial score (nSPS) is 20.2. The Morgan fingerprint density at radius 1 is 1.26 bits per heavy atom. The molecule has 2 aromatic rings. The van der Waals surface area contributed by atoms with Crippen molar-refractivity contribution in [2.45, 2.75) is 25.4 Å². The number of rotatable bonds is 5. The number of ether oxygens (including phenoxy) is 1. The zero-order valence-corrected chi connectivity index (χ0v) is 12.8. The minimum absolute atomic E-state index is 0.144. The van der Waals surface area contributed by atoms with E-state index < -0.39 is 0 Å². The molecule has 2 atom stereocenters. The SMILES string of the molecule is O=C(NCC1CCCC1O)c1ccccc1Oc1cccnc1. The van der Waals surface area contributed by atoms with E-state index in [4.69, 9.17) is 4.74 Å². The third-order valence-corrected chi connectivity index (χ3v) is 4.14. The van der Waals surface area contributed by atoms with Crippen LogP contribution in [0.4, 0.5) is 0 Å². The smallest absolute Gasteiger partial charge is 0.255 e. The Hall–Kier alpha value is -2.40. The largest absolute Gasteiger partial charge is 0.455 e. The van der Waals surface area contributed by atoms with Crippen LogP contribution in [0, 0.1) is 5.92 Å². The van der Waals surface area contributed by atoms with Crippen molar-refractivity contribution in [3.05, 3.63) is 54.4 Å². The maximum absolute atomic E-state index is 12.4. The lowest BCUT2D eigenvalue weighted by Gasteiger charge is -2.16. The molecule has 1 heterocycles. The quantitative estimate of drug-likeness (QED) is 0.890. The fraction of sp³-hybridized carbons (Fsp3) is 0.333. The van der Waals surface area contributed by atoms with Gasteiger partial charge in [0.1, 0.15) is 11.5 Å². The number of aromatic nitrogens is 1. The van der Waals surface area contributed by atoms with Crippen molar-refractivity contribution in [3.63, 3.8) is 0 Å². The average molecular weight is 312 g/mol. The second-order valence-corrected chi connectivity index (χ2v) is 5.76. The van der Waals surface area contributed by atoms with Crippen LogP contribution in [-0.2, 0) is 0 Å². The minimum atomic E-state index is -0.308. The molecule has 1 amide bonds. The van der Waals surface area contributed by atoms with E-state index >= 15 is 0 Å². The van der Waals surface area contributed by atoms with Crippen LogP contribution in [0.3, 0.4) is 0 Å². The van der Waals surface area contributed by atoms with Crippen molar-refractivity contribution in [2.24, 2.45) is 5.92 Å². The summed E-state index contributed by atoms with van der Waals surface area (Å²) in [6.45, 7) is 0.487. The van der Waals surface area contributed by atoms with Crippen LogP contribution in [0.25, 0.3) is 0 Å². The molecule has 120 valence electrons. The van der Waals surface area contributed by atoms with Gasteiger partial charge in [-0.05, 0) is 37.1 Å². The standard InChI is InChI=1S/C18H20N2O3/c21-16-8-3-5-13(16)11-20-18(22)15-7-1-2-9-17(15)23-14-6-4-10-19-12-14/h1-2,4,6-7,9-10,12-13,16,21H,3,5,8,11H2,(H,20,22). The number of amides is 1. The summed E-state index contributed by atoms with van der Waals surface area (Å²) in [5, 5.41) is 12.7. The van der Waals surface area contributed by atoms with Gasteiger partial charge in [-0.15, -0.1) is 0 Å². The number of benzene rings is 1. The number of pyridine rings is 1. The van der Waals surface area contributed by atoms with E-state index in [1.165, 1.54) is 0 Å². The fourth-order valence-electron chi connectivity index (χ4n) is 2.85. The van der Waals surface area contributed by atoms with E-state index in [1.807, 2.05) is 6.07 Å². The van der Waals surface area contributed by atoms with E-state index in [1.54, 1.807) is 42.7 Å². The van der Waals surface area contributed by atoms with Crippen LogP contribution in [0.5, 0.6) is 11.5 Å². The Labute approximate surface area is 135 Å². The molecule has 1 fully saturated rings. The van der Waals surface area contributed by atoms with Gasteiger partial charge in [0.15, 0.2) is 0 Å². The molecule has 3 rings (SSSR count). The van der Waals surface area contributed by atoms with Crippen molar-refractivity contribution in [1.29, 1.82) is 0 Å². The van der Waals surface area contributed by atoms with Crippen LogP contribution in [0.2, 0.25) is 0 Å². The molecule has 2 unspecified atom stereocenters. The highest BCUT2D eigenvalue weighted by atomic mass is 16.5. The van der Waals surface area contributed by atoms with E-state index in [0.717, 1.165) is 19.3 Å². The van der Waals surface area contributed by atoms with Gasteiger partial charge in [0.25, 0.3) is 5.91 Å². The lowest BCUT2D eigenvalue weighted by Crippen LogP contribution is -2.32. The van der Waals surface area contributed by atoms with Crippen molar-refractivity contribution in [1.82, 2.24) is 10.3 Å². The highest BCUT2D eigenvalue weighted by Crippen LogP contribution is 2.26. The van der Waals surface area contributed by atoms with Gasteiger partial charge < -0.3 is 15.2 Å². The first kappa shape index (κ1) is 15.5. The number of aliphatic hydroxyl groups is 1. The topological polar surface area (TPSA) is 71.5 Å². The maximum Gasteiger partial charge on any atom is 0.255 e. The molecule has 0 saturated heterocycles. The average Bonchev–Trinajstić information content (AvgIpc) is 2.99. The molecule has 0 radical (unpaired) electrons. The Bertz CT molecular complexity index is 660. The molecule has 2 N–H and O–H groups in total. The van der Waals surface area contributed by atoms with Gasteiger partial charge in [0, 0.05) is 18.7 Å². The first-order valence-corrected chi connectivity index (χ1v) is 7.87. The number of nitrogens with zero attached hydrogens (tertiary/aromatic N) is 1. The molecule has 0 bridgehead atoms. The van der Waals surface area contributed by atoms with Crippen molar-refractivity contribution in [2.75, 3.05) is 6.54 Å². The Balaban J connectivity index is 1.68. The number of hydrogen-bond acceptors (Lipinski definition) is 4. The van der Waals surface area contributed by atoms with Crippen molar-refractivity contribution in [3.8, 4) is 11.5 Å². The summed E-state index contributed by atoms with van der Waals surface area (Å²) in [6, 6.07) is 10.7. The van der Waals surface area contributed by atoms with Crippen LogP contribution >= 0.6 is 0 Å². The van der Waals surface area contributed by atoms with Crippen molar-refractivity contribution >= 4 is 5.91 Å². The lowest BCUT2D eigenvalue weighted by molar-refractivity contribution is 0.0914. The molecule has 23 heavy (non-hydrogen) atoms. The van der Waals surface area contributed by atoms with E-state index in [9.17, 15) is 9.90 Å². The maximum atomic E-state index is 12.4. The summed E-state index contributed by atoms with van der Waals surface area (Å²) in [5.74, 6) is 1.03. The lowest BCUT2D eigenvalue weighted by atomic mass is 10.1. The highest BCUT2D eigenvalue weighted by Gasteiger charge is 2.25. The van der Waals surface area contributed by atoms with E-state index in [2.05, 4.69) is 10.3 Å². The summed E-state index contributed by atoms with van der Waals surface area (Å²) < 4.78 is 5.75. The van der Waals surface area contributed by atoms with Gasteiger partial charge >= 0.3 is 0 Å². The monoisotopic (exact) mass is 312 g/mol. The summed E-state index contributed by atoms with van der Waals surface area (Å²) >= 11 is 0. The van der Waals surface area contributed by atoms with Gasteiger partial charge in [0.05, 0.1) is 17.9 Å². The fourth-order valence-corrected chi connectivity index (χ4v) is 2.85. The highest BCUT2D eigenvalue weighted by molar-refractivity contribution is 5.97. The number of aliphatic hydroxyl groups excluding tert-OH is 1. The third kappa shape index (κ3) is 3.87. The Morgan fingerprint density at radius 3 is 2.87 bits per heavy atom. The second kappa shape index (κ2) is 7.24. The number of para-hydroxylation sites is 1. The number of carbonyl (C=O) groups is 1. The molecule has 1 saturated carbocycles. The first-order valence-electron chi connectivity index (χ1n) is 7.87. The molecule has 1 aliphatic carbocycles. The summed E-state index contributed by atoms with van der Waals surface area (Å²) in [4.78, 5) is 16.4. The zero-order valence-electron chi connectivity index (χ0n) is 12.8. The van der Waals surface area contributed by atoms with Crippen LogP contribution < -0.4 is 10.1 Å². The van der Waals surface area contributed by atoms with Crippen LogP contribution in [0.15, 0.2) is 48.8 Å². The number of nitrogens with one attached hydrogen (secondary N) is 1. The molecule has 0 spiro atoms. The van der Waals surface area contributed by atoms with Gasteiger partial charge in [-0.1, -0.05) is 18.6 Å². The van der Waals surface area contributed by atoms with Gasteiger partial charge in [0.2, 0.25) is 0 Å².